The lowest BCUT2D eigenvalue weighted by molar-refractivity contribution is -0.0110. The first-order valence-corrected chi connectivity index (χ1v) is 12.3. The molecule has 33 heavy (non-hydrogen) atoms. The van der Waals surface area contributed by atoms with Crippen molar-refractivity contribution >= 4 is 12.0 Å². The van der Waals surface area contributed by atoms with Crippen molar-refractivity contribution < 1.29 is 14.3 Å². The molecule has 5 heterocycles. The Labute approximate surface area is 193 Å². The van der Waals surface area contributed by atoms with Crippen molar-refractivity contribution in [2.45, 2.75) is 31.3 Å². The molecule has 1 aromatic carbocycles. The van der Waals surface area contributed by atoms with E-state index in [1.807, 2.05) is 17.0 Å². The number of likely N-dealkylation sites (tertiary alicyclic amines) is 1. The van der Waals surface area contributed by atoms with Crippen molar-refractivity contribution in [3.63, 3.8) is 0 Å². The Hall–Kier alpha value is -2.74. The zero-order valence-corrected chi connectivity index (χ0v) is 19.2. The fourth-order valence-electron chi connectivity index (χ4n) is 6.05. The summed E-state index contributed by atoms with van der Waals surface area (Å²) in [7, 11) is 2.13. The van der Waals surface area contributed by atoms with E-state index >= 15 is 0 Å². The Bertz CT molecular complexity index is 1100. The number of rotatable bonds is 3. The molecule has 0 unspecified atom stereocenters. The Morgan fingerprint density at radius 1 is 1.21 bits per heavy atom. The number of amides is 1. The number of anilines is 1. The van der Waals surface area contributed by atoms with Crippen molar-refractivity contribution in [3.8, 4) is 17.0 Å². The molecule has 1 saturated carbocycles. The second-order valence-corrected chi connectivity index (χ2v) is 10.7. The van der Waals surface area contributed by atoms with Gasteiger partial charge in [0.05, 0.1) is 12.3 Å². The van der Waals surface area contributed by atoms with Gasteiger partial charge in [-0.25, -0.2) is 9.78 Å². The molecule has 1 aromatic heterocycles. The third kappa shape index (κ3) is 2.99. The minimum absolute atomic E-state index is 0.182. The summed E-state index contributed by atoms with van der Waals surface area (Å²) in [5.41, 5.74) is 3.20. The van der Waals surface area contributed by atoms with Gasteiger partial charge in [0.25, 0.3) is 0 Å². The van der Waals surface area contributed by atoms with Gasteiger partial charge >= 0.3 is 6.09 Å². The first-order valence-electron chi connectivity index (χ1n) is 12.3. The highest BCUT2D eigenvalue weighted by Gasteiger charge is 2.52. The molecule has 1 N–H and O–H groups in total. The van der Waals surface area contributed by atoms with Crippen LogP contribution in [0.25, 0.3) is 11.3 Å². The van der Waals surface area contributed by atoms with E-state index in [1.165, 1.54) is 12.8 Å². The van der Waals surface area contributed by atoms with E-state index in [2.05, 4.69) is 34.0 Å². The fourth-order valence-corrected chi connectivity index (χ4v) is 6.05. The van der Waals surface area contributed by atoms with E-state index in [4.69, 9.17) is 14.5 Å². The lowest BCUT2D eigenvalue weighted by Crippen LogP contribution is -2.71. The van der Waals surface area contributed by atoms with Crippen LogP contribution in [0.1, 0.15) is 31.4 Å². The van der Waals surface area contributed by atoms with E-state index in [0.29, 0.717) is 31.0 Å². The Kier molecular flexibility index (Phi) is 4.11. The van der Waals surface area contributed by atoms with Crippen molar-refractivity contribution in [1.29, 1.82) is 0 Å². The summed E-state index contributed by atoms with van der Waals surface area (Å²) >= 11 is 0. The highest BCUT2D eigenvalue weighted by Crippen LogP contribution is 2.51. The summed E-state index contributed by atoms with van der Waals surface area (Å²) in [6.45, 7) is 6.15. The van der Waals surface area contributed by atoms with Crippen LogP contribution in [0.5, 0.6) is 5.75 Å². The number of nitrogens with one attached hydrogen (secondary N) is 1. The molecule has 3 saturated heterocycles. The first-order chi connectivity index (χ1) is 16.1. The summed E-state index contributed by atoms with van der Waals surface area (Å²) in [6.07, 6.45) is 3.66. The standard InChI is InChI=1S/C25H31N5O3/c1-28-21-20(27-22(28)30-15-24(16-30)13-26-14-24)18-4-2-3-5-19(18)33-25(21)8-10-29(11-9-25)23(31)32-12-17-6-7-17/h2-5,17,26H,6-16H2,1H3. The highest BCUT2D eigenvalue weighted by molar-refractivity contribution is 5.75. The number of ether oxygens (including phenoxy) is 2. The average molecular weight is 450 g/mol. The Morgan fingerprint density at radius 3 is 2.67 bits per heavy atom. The number of carbonyl (C=O) groups excluding carboxylic acids is 1. The average Bonchev–Trinajstić information content (AvgIpc) is 3.53. The Balaban J connectivity index is 1.18. The molecule has 7 rings (SSSR count). The SMILES string of the molecule is Cn1c(N2CC3(CNC3)C2)nc2c1C1(CCN(C(=O)OCC3CC3)CC1)Oc1ccccc1-2. The zero-order chi connectivity index (χ0) is 22.2. The number of aromatic nitrogens is 2. The van der Waals surface area contributed by atoms with E-state index in [0.717, 1.165) is 67.7 Å². The molecule has 0 radical (unpaired) electrons. The summed E-state index contributed by atoms with van der Waals surface area (Å²) in [5.74, 6) is 2.50. The molecular weight excluding hydrogens is 418 g/mol. The monoisotopic (exact) mass is 449 g/mol. The van der Waals surface area contributed by atoms with E-state index in [9.17, 15) is 4.79 Å². The fraction of sp³-hybridized carbons (Fsp3) is 0.600. The van der Waals surface area contributed by atoms with E-state index in [1.54, 1.807) is 0 Å². The molecule has 8 heteroatoms. The van der Waals surface area contributed by atoms with Crippen molar-refractivity contribution in [1.82, 2.24) is 19.8 Å². The summed E-state index contributed by atoms with van der Waals surface area (Å²) in [5, 5.41) is 3.41. The summed E-state index contributed by atoms with van der Waals surface area (Å²) < 4.78 is 14.5. The van der Waals surface area contributed by atoms with Crippen molar-refractivity contribution in [2.24, 2.45) is 18.4 Å². The molecule has 1 amide bonds. The van der Waals surface area contributed by atoms with Crippen molar-refractivity contribution in [3.05, 3.63) is 30.0 Å². The molecule has 5 aliphatic rings. The van der Waals surface area contributed by atoms with Gasteiger partial charge in [-0.05, 0) is 30.9 Å². The van der Waals surface area contributed by atoms with Gasteiger partial charge in [-0.1, -0.05) is 12.1 Å². The number of imidazole rings is 1. The summed E-state index contributed by atoms with van der Waals surface area (Å²) in [6, 6.07) is 8.23. The number of benzene rings is 1. The number of hydrogen-bond donors (Lipinski definition) is 1. The lowest BCUT2D eigenvalue weighted by atomic mass is 9.75. The van der Waals surface area contributed by atoms with Gasteiger partial charge in [-0.2, -0.15) is 0 Å². The molecule has 1 aliphatic carbocycles. The van der Waals surface area contributed by atoms with Gasteiger partial charge in [0, 0.05) is 70.1 Å². The third-order valence-corrected chi connectivity index (χ3v) is 8.25. The number of nitrogens with zero attached hydrogens (tertiary/aromatic N) is 4. The number of para-hydroxylation sites is 1. The minimum Gasteiger partial charge on any atom is -0.480 e. The van der Waals surface area contributed by atoms with Gasteiger partial charge in [-0.15, -0.1) is 0 Å². The third-order valence-electron chi connectivity index (χ3n) is 8.25. The largest absolute Gasteiger partial charge is 0.480 e. The van der Waals surface area contributed by atoms with Crippen LogP contribution in [0.2, 0.25) is 0 Å². The smallest absolute Gasteiger partial charge is 0.409 e. The Morgan fingerprint density at radius 2 is 1.97 bits per heavy atom. The molecule has 174 valence electrons. The molecular formula is C25H31N5O3. The molecule has 0 atom stereocenters. The maximum absolute atomic E-state index is 12.6. The maximum Gasteiger partial charge on any atom is 0.409 e. The molecule has 0 bridgehead atoms. The molecule has 4 aliphatic heterocycles. The van der Waals surface area contributed by atoms with Crippen LogP contribution in [0.15, 0.2) is 24.3 Å². The first kappa shape index (κ1) is 19.7. The number of carbonyl (C=O) groups is 1. The number of fused-ring (bicyclic) bond motifs is 4. The summed E-state index contributed by atoms with van der Waals surface area (Å²) in [4.78, 5) is 22.0. The van der Waals surface area contributed by atoms with E-state index < -0.39 is 5.60 Å². The lowest BCUT2D eigenvalue weighted by Gasteiger charge is -2.56. The second-order valence-electron chi connectivity index (χ2n) is 10.7. The molecule has 2 spiro atoms. The predicted octanol–water partition coefficient (Wildman–Crippen LogP) is 2.73. The van der Waals surface area contributed by atoms with E-state index in [-0.39, 0.29) is 6.09 Å². The molecule has 4 fully saturated rings. The van der Waals surface area contributed by atoms with Crippen LogP contribution in [0, 0.1) is 11.3 Å². The topological polar surface area (TPSA) is 71.9 Å². The van der Waals surface area contributed by atoms with Crippen LogP contribution in [0.3, 0.4) is 0 Å². The van der Waals surface area contributed by atoms with Crippen LogP contribution in [-0.4, -0.2) is 66.4 Å². The number of piperidine rings is 1. The van der Waals surface area contributed by atoms with Gasteiger partial charge in [0.15, 0.2) is 5.60 Å². The maximum atomic E-state index is 12.6. The highest BCUT2D eigenvalue weighted by atomic mass is 16.6. The van der Waals surface area contributed by atoms with Crippen LogP contribution >= 0.6 is 0 Å². The second kappa shape index (κ2) is 6.88. The van der Waals surface area contributed by atoms with Crippen LogP contribution in [0.4, 0.5) is 10.7 Å². The van der Waals surface area contributed by atoms with Gasteiger partial charge in [0.1, 0.15) is 11.4 Å². The molecule has 2 aromatic rings. The predicted molar refractivity (Wildman–Crippen MR) is 123 cm³/mol. The molecule has 8 nitrogen and oxygen atoms in total. The minimum atomic E-state index is -0.475. The number of hydrogen-bond acceptors (Lipinski definition) is 6. The van der Waals surface area contributed by atoms with Gasteiger partial charge < -0.3 is 29.2 Å². The zero-order valence-electron chi connectivity index (χ0n) is 19.2. The van der Waals surface area contributed by atoms with Crippen LogP contribution < -0.4 is 15.0 Å². The van der Waals surface area contributed by atoms with Gasteiger partial charge in [0.2, 0.25) is 5.95 Å². The van der Waals surface area contributed by atoms with Crippen molar-refractivity contribution in [2.75, 3.05) is 50.8 Å². The van der Waals surface area contributed by atoms with Gasteiger partial charge in [-0.3, -0.25) is 0 Å². The quantitative estimate of drug-likeness (QED) is 0.777. The normalized spacial score (nSPS) is 23.9. The van der Waals surface area contributed by atoms with Crippen LogP contribution in [-0.2, 0) is 17.4 Å².